The van der Waals surface area contributed by atoms with Crippen LogP contribution < -0.4 is 16.2 Å². The van der Waals surface area contributed by atoms with Crippen LogP contribution >= 0.6 is 12.6 Å². The second-order valence-electron chi connectivity index (χ2n) is 3.93. The minimum Gasteiger partial charge on any atom is -0.320 e. The second kappa shape index (κ2) is 6.63. The Morgan fingerprint density at radius 2 is 1.65 bits per heavy atom. The zero-order valence-electron chi connectivity index (χ0n) is 10.5. The SMILES string of the molecule is O=CNNc1ccccc1NC(=O)c1ccc(S)cc1. The van der Waals surface area contributed by atoms with Crippen molar-refractivity contribution in [2.24, 2.45) is 0 Å². The minimum atomic E-state index is -0.237. The highest BCUT2D eigenvalue weighted by atomic mass is 32.1. The van der Waals surface area contributed by atoms with E-state index in [1.807, 2.05) is 0 Å². The molecular weight excluding hydrogens is 274 g/mol. The van der Waals surface area contributed by atoms with Gasteiger partial charge < -0.3 is 5.32 Å². The molecule has 3 N–H and O–H groups in total. The molecule has 0 fully saturated rings. The number of hydrogen-bond acceptors (Lipinski definition) is 4. The zero-order valence-corrected chi connectivity index (χ0v) is 11.4. The molecule has 0 aliphatic carbocycles. The first kappa shape index (κ1) is 14.0. The molecule has 0 saturated heterocycles. The van der Waals surface area contributed by atoms with Crippen molar-refractivity contribution in [3.8, 4) is 0 Å². The third-order valence-corrected chi connectivity index (χ3v) is 2.87. The second-order valence-corrected chi connectivity index (χ2v) is 4.45. The first-order valence-corrected chi connectivity index (χ1v) is 6.30. The van der Waals surface area contributed by atoms with Crippen molar-refractivity contribution < 1.29 is 9.59 Å². The van der Waals surface area contributed by atoms with Crippen LogP contribution in [0, 0.1) is 0 Å². The van der Waals surface area contributed by atoms with Gasteiger partial charge in [0.1, 0.15) is 0 Å². The molecule has 0 aliphatic rings. The maximum absolute atomic E-state index is 12.1. The van der Waals surface area contributed by atoms with Gasteiger partial charge in [-0.2, -0.15) is 0 Å². The number of thiol groups is 1. The number of hydrazine groups is 1. The summed E-state index contributed by atoms with van der Waals surface area (Å²) in [6.07, 6.45) is 0.518. The average Bonchev–Trinajstić information content (AvgIpc) is 2.47. The maximum atomic E-state index is 12.1. The van der Waals surface area contributed by atoms with Gasteiger partial charge in [-0.05, 0) is 36.4 Å². The molecule has 0 saturated carbocycles. The molecule has 2 rings (SSSR count). The quantitative estimate of drug-likeness (QED) is 0.387. The number of nitrogens with one attached hydrogen (secondary N) is 3. The largest absolute Gasteiger partial charge is 0.320 e. The summed E-state index contributed by atoms with van der Waals surface area (Å²) in [6.45, 7) is 0. The van der Waals surface area contributed by atoms with E-state index in [-0.39, 0.29) is 5.91 Å². The molecule has 0 heterocycles. The molecule has 0 unspecified atom stereocenters. The van der Waals surface area contributed by atoms with Crippen LogP contribution in [0.3, 0.4) is 0 Å². The predicted molar refractivity (Wildman–Crippen MR) is 80.9 cm³/mol. The van der Waals surface area contributed by atoms with E-state index < -0.39 is 0 Å². The number of benzene rings is 2. The lowest BCUT2D eigenvalue weighted by molar-refractivity contribution is -0.109. The molecule has 2 aromatic rings. The van der Waals surface area contributed by atoms with Crippen LogP contribution in [-0.4, -0.2) is 12.3 Å². The monoisotopic (exact) mass is 287 g/mol. The molecule has 0 spiro atoms. The highest BCUT2D eigenvalue weighted by molar-refractivity contribution is 7.80. The molecule has 0 aromatic heterocycles. The van der Waals surface area contributed by atoms with E-state index in [0.717, 1.165) is 4.90 Å². The Hall–Kier alpha value is -2.47. The van der Waals surface area contributed by atoms with Gasteiger partial charge in [-0.3, -0.25) is 20.4 Å². The normalized spacial score (nSPS) is 9.65. The van der Waals surface area contributed by atoms with Crippen molar-refractivity contribution in [3.63, 3.8) is 0 Å². The highest BCUT2D eigenvalue weighted by Gasteiger charge is 2.08. The average molecular weight is 287 g/mol. The Morgan fingerprint density at radius 3 is 2.30 bits per heavy atom. The van der Waals surface area contributed by atoms with Crippen LogP contribution in [0.2, 0.25) is 0 Å². The Morgan fingerprint density at radius 1 is 1.00 bits per heavy atom. The summed E-state index contributed by atoms with van der Waals surface area (Å²) < 4.78 is 0. The summed E-state index contributed by atoms with van der Waals surface area (Å²) in [5, 5.41) is 2.77. The number of hydrogen-bond donors (Lipinski definition) is 4. The van der Waals surface area contributed by atoms with Gasteiger partial charge in [-0.15, -0.1) is 12.6 Å². The molecule has 2 amide bonds. The molecule has 6 heteroatoms. The molecule has 0 bridgehead atoms. The van der Waals surface area contributed by atoms with Crippen LogP contribution in [0.5, 0.6) is 0 Å². The molecule has 0 radical (unpaired) electrons. The third kappa shape index (κ3) is 3.52. The van der Waals surface area contributed by atoms with E-state index >= 15 is 0 Å². The van der Waals surface area contributed by atoms with Crippen LogP contribution in [0.25, 0.3) is 0 Å². The van der Waals surface area contributed by atoms with Gasteiger partial charge in [-0.25, -0.2) is 0 Å². The molecule has 20 heavy (non-hydrogen) atoms. The lowest BCUT2D eigenvalue weighted by Crippen LogP contribution is -2.21. The van der Waals surface area contributed by atoms with Gasteiger partial charge in [-0.1, -0.05) is 12.1 Å². The smallest absolute Gasteiger partial charge is 0.255 e. The van der Waals surface area contributed by atoms with Crippen molar-refractivity contribution >= 4 is 36.3 Å². The summed E-state index contributed by atoms with van der Waals surface area (Å²) in [5.41, 5.74) is 6.71. The summed E-state index contributed by atoms with van der Waals surface area (Å²) in [6, 6.07) is 13.9. The van der Waals surface area contributed by atoms with Crippen molar-refractivity contribution in [3.05, 3.63) is 54.1 Å². The van der Waals surface area contributed by atoms with Crippen molar-refractivity contribution in [2.45, 2.75) is 4.90 Å². The fourth-order valence-corrected chi connectivity index (χ4v) is 1.76. The lowest BCUT2D eigenvalue weighted by Gasteiger charge is -2.12. The Balaban J connectivity index is 2.15. The summed E-state index contributed by atoms with van der Waals surface area (Å²) in [7, 11) is 0. The van der Waals surface area contributed by atoms with Crippen LogP contribution in [0.15, 0.2) is 53.4 Å². The van der Waals surface area contributed by atoms with Crippen molar-refractivity contribution in [1.29, 1.82) is 0 Å². The first-order chi connectivity index (χ1) is 9.70. The molecule has 0 aliphatic heterocycles. The highest BCUT2D eigenvalue weighted by Crippen LogP contribution is 2.21. The fraction of sp³-hybridized carbons (Fsp3) is 0. The van der Waals surface area contributed by atoms with Crippen LogP contribution in [-0.2, 0) is 4.79 Å². The van der Waals surface area contributed by atoms with E-state index in [1.165, 1.54) is 0 Å². The van der Waals surface area contributed by atoms with E-state index in [9.17, 15) is 9.59 Å². The minimum absolute atomic E-state index is 0.237. The lowest BCUT2D eigenvalue weighted by atomic mass is 10.2. The van der Waals surface area contributed by atoms with Gasteiger partial charge in [0.05, 0.1) is 11.4 Å². The topological polar surface area (TPSA) is 70.2 Å². The Kier molecular flexibility index (Phi) is 4.62. The number of para-hydroxylation sites is 2. The number of rotatable bonds is 5. The fourth-order valence-electron chi connectivity index (χ4n) is 1.62. The maximum Gasteiger partial charge on any atom is 0.255 e. The standard InChI is InChI=1S/C14H13N3O2S/c18-9-15-17-13-4-2-1-3-12(13)16-14(19)10-5-7-11(20)8-6-10/h1-9,17,20H,(H,15,18)(H,16,19). The van der Waals surface area contributed by atoms with E-state index in [4.69, 9.17) is 0 Å². The van der Waals surface area contributed by atoms with Gasteiger partial charge in [0.25, 0.3) is 5.91 Å². The Bertz CT molecular complexity index is 614. The molecular formula is C14H13N3O2S. The van der Waals surface area contributed by atoms with Gasteiger partial charge in [0, 0.05) is 10.5 Å². The molecule has 0 atom stereocenters. The van der Waals surface area contributed by atoms with Gasteiger partial charge in [0.2, 0.25) is 6.41 Å². The summed E-state index contributed by atoms with van der Waals surface area (Å²) in [4.78, 5) is 23.2. The third-order valence-electron chi connectivity index (χ3n) is 2.57. The van der Waals surface area contributed by atoms with E-state index in [1.54, 1.807) is 48.5 Å². The van der Waals surface area contributed by atoms with Gasteiger partial charge in [0.15, 0.2) is 0 Å². The predicted octanol–water partition coefficient (Wildman–Crippen LogP) is 2.30. The first-order valence-electron chi connectivity index (χ1n) is 5.85. The van der Waals surface area contributed by atoms with Crippen molar-refractivity contribution in [2.75, 3.05) is 10.7 Å². The molecule has 102 valence electrons. The number of anilines is 2. The van der Waals surface area contributed by atoms with Crippen LogP contribution in [0.1, 0.15) is 10.4 Å². The van der Waals surface area contributed by atoms with Crippen LogP contribution in [0.4, 0.5) is 11.4 Å². The molecule has 5 nitrogen and oxygen atoms in total. The van der Waals surface area contributed by atoms with Gasteiger partial charge >= 0.3 is 0 Å². The number of carbonyl (C=O) groups excluding carboxylic acids is 2. The van der Waals surface area contributed by atoms with E-state index in [0.29, 0.717) is 23.3 Å². The number of amides is 2. The summed E-state index contributed by atoms with van der Waals surface area (Å²) >= 11 is 4.17. The molecule has 2 aromatic carbocycles. The van der Waals surface area contributed by atoms with Crippen molar-refractivity contribution in [1.82, 2.24) is 5.43 Å². The van der Waals surface area contributed by atoms with E-state index in [2.05, 4.69) is 28.8 Å². The zero-order chi connectivity index (χ0) is 14.4. The summed E-state index contributed by atoms with van der Waals surface area (Å²) in [5.74, 6) is -0.237. The number of carbonyl (C=O) groups is 2. The Labute approximate surface area is 121 Å².